The summed E-state index contributed by atoms with van der Waals surface area (Å²) in [4.78, 5) is 1.44. The van der Waals surface area contributed by atoms with Gasteiger partial charge in [0.1, 0.15) is 5.76 Å². The van der Waals surface area contributed by atoms with Crippen LogP contribution in [0.1, 0.15) is 24.3 Å². The molecule has 18 heavy (non-hydrogen) atoms. The topological polar surface area (TPSA) is 25.2 Å². The van der Waals surface area contributed by atoms with Crippen molar-refractivity contribution in [3.63, 3.8) is 0 Å². The predicted molar refractivity (Wildman–Crippen MR) is 74.9 cm³/mol. The minimum absolute atomic E-state index is 0.282. The van der Waals surface area contributed by atoms with Crippen LogP contribution in [0.4, 0.5) is 0 Å². The van der Waals surface area contributed by atoms with E-state index in [9.17, 15) is 0 Å². The molecule has 2 atom stereocenters. The second-order valence-corrected chi connectivity index (χ2v) is 6.04. The lowest BCUT2D eigenvalue weighted by Gasteiger charge is -2.14. The fourth-order valence-electron chi connectivity index (χ4n) is 2.31. The highest BCUT2D eigenvalue weighted by atomic mass is 32.2. The van der Waals surface area contributed by atoms with Crippen molar-refractivity contribution in [3.05, 3.63) is 54.0 Å². The predicted octanol–water partition coefficient (Wildman–Crippen LogP) is 3.65. The fraction of sp³-hybridized carbons (Fsp3) is 0.333. The van der Waals surface area contributed by atoms with E-state index in [0.29, 0.717) is 5.25 Å². The van der Waals surface area contributed by atoms with Crippen molar-refractivity contribution in [2.45, 2.75) is 29.5 Å². The minimum Gasteiger partial charge on any atom is -0.468 e. The van der Waals surface area contributed by atoms with Crippen molar-refractivity contribution in [2.75, 3.05) is 6.54 Å². The number of hydrogen-bond donors (Lipinski definition) is 1. The van der Waals surface area contributed by atoms with Gasteiger partial charge in [-0.25, -0.2) is 0 Å². The molecule has 1 aliphatic heterocycles. The third-order valence-electron chi connectivity index (χ3n) is 3.34. The number of thioether (sulfide) groups is 1. The monoisotopic (exact) mass is 259 g/mol. The molecule has 1 aromatic carbocycles. The first-order valence-electron chi connectivity index (χ1n) is 6.34. The highest BCUT2D eigenvalue weighted by molar-refractivity contribution is 8.00. The second-order valence-electron chi connectivity index (χ2n) is 4.70. The Hall–Kier alpha value is -1.19. The first-order valence-corrected chi connectivity index (χ1v) is 7.22. The normalized spacial score (nSPS) is 19.7. The van der Waals surface area contributed by atoms with E-state index < -0.39 is 0 Å². The Labute approximate surface area is 112 Å². The first-order chi connectivity index (χ1) is 8.83. The van der Waals surface area contributed by atoms with E-state index in [0.717, 1.165) is 12.3 Å². The molecule has 0 bridgehead atoms. The summed E-state index contributed by atoms with van der Waals surface area (Å²) >= 11 is 1.98. The Morgan fingerprint density at radius 2 is 2.22 bits per heavy atom. The molecule has 0 amide bonds. The molecule has 94 valence electrons. The maximum atomic E-state index is 5.40. The van der Waals surface area contributed by atoms with E-state index >= 15 is 0 Å². The van der Waals surface area contributed by atoms with Crippen LogP contribution in [0, 0.1) is 0 Å². The molecule has 0 spiro atoms. The summed E-state index contributed by atoms with van der Waals surface area (Å²) in [7, 11) is 0. The standard InChI is InChI=1S/C15H17NOS/c1-11(14-6-4-8-17-14)16-10-13-9-12-5-2-3-7-15(12)18-13/h2-8,11,13,16H,9-10H2,1H3. The van der Waals surface area contributed by atoms with Gasteiger partial charge in [-0.1, -0.05) is 18.2 Å². The molecule has 3 heteroatoms. The van der Waals surface area contributed by atoms with Gasteiger partial charge in [0.25, 0.3) is 0 Å². The van der Waals surface area contributed by atoms with E-state index in [1.807, 2.05) is 23.9 Å². The van der Waals surface area contributed by atoms with Crippen LogP contribution in [0.2, 0.25) is 0 Å². The van der Waals surface area contributed by atoms with Gasteiger partial charge >= 0.3 is 0 Å². The van der Waals surface area contributed by atoms with E-state index in [1.165, 1.54) is 16.9 Å². The smallest absolute Gasteiger partial charge is 0.120 e. The van der Waals surface area contributed by atoms with E-state index in [2.05, 4.69) is 36.5 Å². The van der Waals surface area contributed by atoms with E-state index in [4.69, 9.17) is 4.42 Å². The lowest BCUT2D eigenvalue weighted by atomic mass is 10.1. The fourth-order valence-corrected chi connectivity index (χ4v) is 3.58. The molecule has 2 unspecified atom stereocenters. The van der Waals surface area contributed by atoms with Crippen LogP contribution >= 0.6 is 11.8 Å². The SMILES string of the molecule is CC(NCC1Cc2ccccc2S1)c1ccco1. The van der Waals surface area contributed by atoms with Crippen molar-refractivity contribution in [2.24, 2.45) is 0 Å². The molecule has 2 nitrogen and oxygen atoms in total. The molecule has 0 saturated carbocycles. The summed E-state index contributed by atoms with van der Waals surface area (Å²) in [6.07, 6.45) is 2.90. The summed E-state index contributed by atoms with van der Waals surface area (Å²) in [5.41, 5.74) is 1.49. The molecule has 0 saturated heterocycles. The maximum absolute atomic E-state index is 5.40. The molecule has 2 aromatic rings. The van der Waals surface area contributed by atoms with Gasteiger partial charge in [-0.05, 0) is 37.1 Å². The van der Waals surface area contributed by atoms with Crippen molar-refractivity contribution in [1.29, 1.82) is 0 Å². The number of fused-ring (bicyclic) bond motifs is 1. The zero-order valence-electron chi connectivity index (χ0n) is 10.4. The van der Waals surface area contributed by atoms with Crippen LogP contribution in [0.5, 0.6) is 0 Å². The highest BCUT2D eigenvalue weighted by Gasteiger charge is 2.22. The highest BCUT2D eigenvalue weighted by Crippen LogP contribution is 2.36. The summed E-state index contributed by atoms with van der Waals surface area (Å²) in [6, 6.07) is 12.9. The molecule has 1 N–H and O–H groups in total. The number of furan rings is 1. The Kier molecular flexibility index (Phi) is 3.43. The molecule has 0 aliphatic carbocycles. The zero-order chi connectivity index (χ0) is 12.4. The minimum atomic E-state index is 0.282. The van der Waals surface area contributed by atoms with E-state index in [1.54, 1.807) is 6.26 Å². The van der Waals surface area contributed by atoms with Crippen molar-refractivity contribution in [1.82, 2.24) is 5.32 Å². The number of benzene rings is 1. The molecule has 2 heterocycles. The number of nitrogens with one attached hydrogen (secondary N) is 1. The third kappa shape index (κ3) is 2.47. The van der Waals surface area contributed by atoms with Crippen molar-refractivity contribution < 1.29 is 4.42 Å². The van der Waals surface area contributed by atoms with E-state index in [-0.39, 0.29) is 6.04 Å². The lowest BCUT2D eigenvalue weighted by Crippen LogP contribution is -2.26. The van der Waals surface area contributed by atoms with Crippen LogP contribution in [0.3, 0.4) is 0 Å². The van der Waals surface area contributed by atoms with Gasteiger partial charge in [0.05, 0.1) is 12.3 Å². The second kappa shape index (κ2) is 5.21. The Morgan fingerprint density at radius 3 is 3.00 bits per heavy atom. The van der Waals surface area contributed by atoms with Crippen LogP contribution in [0.25, 0.3) is 0 Å². The summed E-state index contributed by atoms with van der Waals surface area (Å²) in [6.45, 7) is 3.16. The molecule has 1 aliphatic rings. The maximum Gasteiger partial charge on any atom is 0.120 e. The van der Waals surface area contributed by atoms with Crippen LogP contribution in [-0.2, 0) is 6.42 Å². The zero-order valence-corrected chi connectivity index (χ0v) is 11.2. The Bertz CT molecular complexity index is 484. The van der Waals surface area contributed by atoms with Gasteiger partial charge in [-0.3, -0.25) is 0 Å². The van der Waals surface area contributed by atoms with Gasteiger partial charge in [0, 0.05) is 16.7 Å². The molecule has 0 fully saturated rings. The number of hydrogen-bond acceptors (Lipinski definition) is 3. The Morgan fingerprint density at radius 1 is 1.33 bits per heavy atom. The van der Waals surface area contributed by atoms with Crippen molar-refractivity contribution in [3.8, 4) is 0 Å². The molecular formula is C15H17NOS. The van der Waals surface area contributed by atoms with Crippen LogP contribution in [0.15, 0.2) is 52.0 Å². The molecule has 3 rings (SSSR count). The molecular weight excluding hydrogens is 242 g/mol. The van der Waals surface area contributed by atoms with Gasteiger partial charge in [-0.2, -0.15) is 0 Å². The quantitative estimate of drug-likeness (QED) is 0.907. The number of rotatable bonds is 4. The van der Waals surface area contributed by atoms with Crippen LogP contribution < -0.4 is 5.32 Å². The largest absolute Gasteiger partial charge is 0.468 e. The first kappa shape index (κ1) is 11.9. The molecule has 0 radical (unpaired) electrons. The van der Waals surface area contributed by atoms with Gasteiger partial charge < -0.3 is 9.73 Å². The third-order valence-corrected chi connectivity index (χ3v) is 4.65. The lowest BCUT2D eigenvalue weighted by molar-refractivity contribution is 0.431. The van der Waals surface area contributed by atoms with Crippen LogP contribution in [-0.4, -0.2) is 11.8 Å². The molecule has 1 aromatic heterocycles. The van der Waals surface area contributed by atoms with Gasteiger partial charge in [-0.15, -0.1) is 11.8 Å². The summed E-state index contributed by atoms with van der Waals surface area (Å²) < 4.78 is 5.40. The Balaban J connectivity index is 1.54. The average Bonchev–Trinajstić information content (AvgIpc) is 3.04. The van der Waals surface area contributed by atoms with Gasteiger partial charge in [0.2, 0.25) is 0 Å². The van der Waals surface area contributed by atoms with Gasteiger partial charge in [0.15, 0.2) is 0 Å². The summed E-state index contributed by atoms with van der Waals surface area (Å²) in [5, 5.41) is 4.19. The van der Waals surface area contributed by atoms with Crippen molar-refractivity contribution >= 4 is 11.8 Å². The average molecular weight is 259 g/mol. The summed E-state index contributed by atoms with van der Waals surface area (Å²) in [5.74, 6) is 1.01.